The zero-order valence-electron chi connectivity index (χ0n) is 53.3. The van der Waals surface area contributed by atoms with Crippen LogP contribution in [0.1, 0.15) is 107 Å². The minimum atomic E-state index is -3.19. The number of Topliss-reactive ketones (excluding diaryl/α,β-unsaturated/α-hetero) is 4. The van der Waals surface area contributed by atoms with Crippen molar-refractivity contribution in [3.05, 3.63) is 353 Å². The Morgan fingerprint density at radius 1 is 0.277 bits per heavy atom. The molecule has 18 heteroatoms. The number of ether oxygens (including phenoxy) is 6. The number of hydrogen-bond donors (Lipinski definition) is 0. The number of benzene rings is 8. The second-order valence-electron chi connectivity index (χ2n) is 24.4. The monoisotopic (exact) mass is 1370 g/mol. The predicted molar refractivity (Wildman–Crippen MR) is 372 cm³/mol. The molecule has 0 amide bonds. The molecule has 2 aromatic heterocycles. The standard InChI is InChI=1S/C83H54O16S2/c84-69-57-35-19-20-36-58(57)70(85)61(69)39-55-41-63-65(81(55,75(88)94-43-49-23-7-1-8-24-49)76(89)95-44-50-25-9-2-10-26-50)67-73(100-63)74-68(83(67,79(92)98-47-53-31-15-5-16-32-53)80(93)99-48-54-33-17-6-18-34-54)66-64(101-74)42-56(40-62-71(86)59-37-21-22-38-60(59)72(62)87)82(66,77(90)96-45-51-27-11-3-12-28-51)78(91)97-46-52-29-13-4-14-30-52/h1-42H,43-48H2. The highest BCUT2D eigenvalue weighted by molar-refractivity contribution is 7.24. The number of fused-ring (bicyclic) bond motifs is 9. The number of ketones is 4. The molecule has 5 aliphatic carbocycles. The summed E-state index contributed by atoms with van der Waals surface area (Å²) in [6.45, 7) is -3.00. The van der Waals surface area contributed by atoms with Crippen LogP contribution in [0.4, 0.5) is 0 Å². The fourth-order valence-corrected chi connectivity index (χ4v) is 16.6. The maximum atomic E-state index is 17.2. The van der Waals surface area contributed by atoms with Gasteiger partial charge >= 0.3 is 35.8 Å². The largest absolute Gasteiger partial charge is 0.459 e. The molecule has 0 saturated heterocycles. The molecule has 0 saturated carbocycles. The highest BCUT2D eigenvalue weighted by Crippen LogP contribution is 2.68. The molecule has 0 unspecified atom stereocenters. The lowest BCUT2D eigenvalue weighted by molar-refractivity contribution is -0.168. The summed E-state index contributed by atoms with van der Waals surface area (Å²) in [4.78, 5) is 160. The first-order chi connectivity index (χ1) is 49.2. The van der Waals surface area contributed by atoms with Crippen LogP contribution in [0.5, 0.6) is 0 Å². The fraction of sp³-hybridized carbons (Fsp3) is 0.108. The summed E-state index contributed by atoms with van der Waals surface area (Å²) in [5.41, 5.74) is -9.50. The molecule has 0 bridgehead atoms. The van der Waals surface area contributed by atoms with Crippen molar-refractivity contribution in [2.45, 2.75) is 55.9 Å². The van der Waals surface area contributed by atoms with E-state index in [2.05, 4.69) is 0 Å². The summed E-state index contributed by atoms with van der Waals surface area (Å²) in [6.07, 6.45) is 5.07. The normalized spacial score (nSPS) is 15.0. The Morgan fingerprint density at radius 2 is 0.485 bits per heavy atom. The smallest absolute Gasteiger partial charge is 0.333 e. The molecule has 0 aliphatic heterocycles. The van der Waals surface area contributed by atoms with E-state index in [0.29, 0.717) is 33.4 Å². The van der Waals surface area contributed by atoms with Crippen LogP contribution in [0.3, 0.4) is 0 Å². The molecule has 15 rings (SSSR count). The van der Waals surface area contributed by atoms with Crippen LogP contribution in [-0.4, -0.2) is 58.9 Å². The van der Waals surface area contributed by atoms with Crippen LogP contribution in [0.25, 0.3) is 21.9 Å². The molecule has 16 nitrogen and oxygen atoms in total. The molecule has 0 radical (unpaired) electrons. The lowest BCUT2D eigenvalue weighted by atomic mass is 9.66. The molecule has 101 heavy (non-hydrogen) atoms. The number of carbonyl (C=O) groups is 10. The Morgan fingerprint density at radius 3 is 0.713 bits per heavy atom. The summed E-state index contributed by atoms with van der Waals surface area (Å²) >= 11 is 1.79. The first-order valence-electron chi connectivity index (χ1n) is 32.1. The van der Waals surface area contributed by atoms with Gasteiger partial charge in [0.1, 0.15) is 39.6 Å². The van der Waals surface area contributed by atoms with E-state index in [0.717, 1.165) is 34.8 Å². The van der Waals surface area contributed by atoms with Crippen LogP contribution >= 0.6 is 22.7 Å². The second-order valence-corrected chi connectivity index (χ2v) is 26.5. The van der Waals surface area contributed by atoms with Crippen LogP contribution in [0.2, 0.25) is 0 Å². The van der Waals surface area contributed by atoms with E-state index in [1.807, 2.05) is 0 Å². The average molecular weight is 1370 g/mol. The maximum absolute atomic E-state index is 17.2. The van der Waals surface area contributed by atoms with E-state index in [-0.39, 0.29) is 52.9 Å². The van der Waals surface area contributed by atoms with E-state index in [1.165, 1.54) is 36.4 Å². The molecular weight excluding hydrogens is 1320 g/mol. The minimum absolute atomic E-state index is 0.0336. The van der Waals surface area contributed by atoms with Gasteiger partial charge in [0.25, 0.3) is 0 Å². The highest BCUT2D eigenvalue weighted by atomic mass is 32.1. The summed E-state index contributed by atoms with van der Waals surface area (Å²) in [7, 11) is 0. The van der Waals surface area contributed by atoms with E-state index in [4.69, 9.17) is 28.4 Å². The molecule has 494 valence electrons. The number of allylic oxidation sites excluding steroid dienone is 4. The predicted octanol–water partition coefficient (Wildman–Crippen LogP) is 13.8. The summed E-state index contributed by atoms with van der Waals surface area (Å²) in [5, 5.41) is 0. The quantitative estimate of drug-likeness (QED) is 0.0227. The molecule has 0 fully saturated rings. The van der Waals surface area contributed by atoms with Crippen molar-refractivity contribution in [3.8, 4) is 9.75 Å². The third kappa shape index (κ3) is 10.8. The van der Waals surface area contributed by atoms with Crippen molar-refractivity contribution < 1.29 is 76.4 Å². The minimum Gasteiger partial charge on any atom is -0.459 e. The average Bonchev–Trinajstić information content (AvgIpc) is 1.48. The molecule has 8 aromatic carbocycles. The Hall–Kier alpha value is -12.4. The zero-order chi connectivity index (χ0) is 69.6. The second kappa shape index (κ2) is 26.5. The highest BCUT2D eigenvalue weighted by Gasteiger charge is 2.72. The third-order valence-corrected chi connectivity index (χ3v) is 21.0. The van der Waals surface area contributed by atoms with E-state index in [9.17, 15) is 19.2 Å². The van der Waals surface area contributed by atoms with Crippen molar-refractivity contribution in [1.29, 1.82) is 0 Å². The maximum Gasteiger partial charge on any atom is 0.333 e. The Bertz CT molecular complexity index is 4740. The first kappa shape index (κ1) is 64.6. The van der Waals surface area contributed by atoms with Gasteiger partial charge in [0, 0.05) is 54.3 Å². The van der Waals surface area contributed by atoms with Gasteiger partial charge < -0.3 is 28.4 Å². The van der Waals surface area contributed by atoms with Crippen molar-refractivity contribution in [3.63, 3.8) is 0 Å². The Kier molecular flexibility index (Phi) is 16.9. The van der Waals surface area contributed by atoms with Gasteiger partial charge in [-0.15, -0.1) is 22.7 Å². The number of hydrogen-bond acceptors (Lipinski definition) is 18. The topological polar surface area (TPSA) is 226 Å². The molecule has 0 atom stereocenters. The van der Waals surface area contributed by atoms with E-state index >= 15 is 28.8 Å². The van der Waals surface area contributed by atoms with Crippen molar-refractivity contribution in [2.24, 2.45) is 0 Å². The van der Waals surface area contributed by atoms with Crippen LogP contribution in [0, 0.1) is 0 Å². The Labute approximate surface area is 585 Å². The van der Waals surface area contributed by atoms with Gasteiger partial charge in [-0.25, -0.2) is 0 Å². The van der Waals surface area contributed by atoms with Crippen molar-refractivity contribution in [2.75, 3.05) is 0 Å². The zero-order valence-corrected chi connectivity index (χ0v) is 55.0. The van der Waals surface area contributed by atoms with Gasteiger partial charge in [0.2, 0.25) is 16.2 Å². The molecule has 0 N–H and O–H groups in total. The van der Waals surface area contributed by atoms with Gasteiger partial charge in [-0.2, -0.15) is 0 Å². The summed E-state index contributed by atoms with van der Waals surface area (Å²) < 4.78 is 38.5. The molecule has 5 aliphatic rings. The lowest BCUT2D eigenvalue weighted by Crippen LogP contribution is -2.53. The SMILES string of the molecule is O=C1C(=CC2=Cc3sc4c(c3C2(C(=O)OCc2ccccc2)C(=O)OCc2ccccc2)C(C(=O)OCc2ccccc2)(C(=O)OCc2ccccc2)c2c-4sc3c2C(C(=O)OCc2ccccc2)(C(=O)OCc2ccccc2)C(C=C2C(=O)c4ccccc4C2=O)=C3)C(=O)c2ccccc21. The number of esters is 6. The third-order valence-electron chi connectivity index (χ3n) is 18.5. The molecular formula is C83H54O16S2. The van der Waals surface area contributed by atoms with Crippen molar-refractivity contribution in [1.82, 2.24) is 0 Å². The van der Waals surface area contributed by atoms with Gasteiger partial charge in [-0.1, -0.05) is 231 Å². The van der Waals surface area contributed by atoms with Gasteiger partial charge in [0.15, 0.2) is 23.1 Å². The summed E-state index contributed by atoms with van der Waals surface area (Å²) in [6, 6.07) is 63.2. The molecule has 10 aromatic rings. The lowest BCUT2D eigenvalue weighted by Gasteiger charge is -2.35. The number of rotatable bonds is 20. The van der Waals surface area contributed by atoms with Crippen LogP contribution in [-0.2, 0) is 113 Å². The number of thiophene rings is 2. The Balaban J connectivity index is 1.04. The fourth-order valence-electron chi connectivity index (χ4n) is 13.7. The van der Waals surface area contributed by atoms with Gasteiger partial charge in [0.05, 0.1) is 20.9 Å². The van der Waals surface area contributed by atoms with E-state index < -0.39 is 148 Å². The molecule has 2 heterocycles. The van der Waals surface area contributed by atoms with Gasteiger partial charge in [-0.05, 0) is 68.8 Å². The van der Waals surface area contributed by atoms with E-state index in [1.54, 1.807) is 206 Å². The van der Waals surface area contributed by atoms with Crippen molar-refractivity contribution >= 4 is 93.8 Å². The van der Waals surface area contributed by atoms with Crippen LogP contribution < -0.4 is 0 Å². The molecule has 0 spiro atoms. The number of carbonyl (C=O) groups excluding carboxylic acids is 10. The first-order valence-corrected chi connectivity index (χ1v) is 33.7. The summed E-state index contributed by atoms with van der Waals surface area (Å²) in [5.74, 6) is -11.1. The van der Waals surface area contributed by atoms with Gasteiger partial charge in [-0.3, -0.25) is 47.9 Å². The van der Waals surface area contributed by atoms with Crippen LogP contribution in [0.15, 0.2) is 265 Å².